The van der Waals surface area contributed by atoms with E-state index in [-0.39, 0.29) is 6.10 Å². The van der Waals surface area contributed by atoms with Crippen LogP contribution in [0.3, 0.4) is 0 Å². The van der Waals surface area contributed by atoms with E-state index in [1.54, 1.807) is 0 Å². The highest BCUT2D eigenvalue weighted by Gasteiger charge is 2.18. The summed E-state index contributed by atoms with van der Waals surface area (Å²) >= 11 is 6.33. The van der Waals surface area contributed by atoms with Gasteiger partial charge in [0.25, 0.3) is 0 Å². The summed E-state index contributed by atoms with van der Waals surface area (Å²) in [5.74, 6) is 0.544. The first-order chi connectivity index (χ1) is 8.53. The van der Waals surface area contributed by atoms with E-state index in [0.717, 1.165) is 42.2 Å². The largest absolute Gasteiger partial charge is 0.393 e. The Morgan fingerprint density at radius 3 is 2.50 bits per heavy atom. The average molecular weight is 273 g/mol. The van der Waals surface area contributed by atoms with Crippen molar-refractivity contribution >= 4 is 11.6 Å². The van der Waals surface area contributed by atoms with Gasteiger partial charge in [0.15, 0.2) is 0 Å². The first-order valence-electron chi connectivity index (χ1n) is 6.95. The topological polar surface area (TPSA) is 38.0 Å². The summed E-state index contributed by atoms with van der Waals surface area (Å²) in [6.45, 7) is 9.21. The Bertz CT molecular complexity index is 376. The van der Waals surface area contributed by atoms with Gasteiger partial charge in [0.05, 0.1) is 22.5 Å². The van der Waals surface area contributed by atoms with Crippen molar-refractivity contribution in [2.75, 3.05) is 0 Å². The number of aliphatic hydroxyl groups excluding tert-OH is 1. The number of hydrogen-bond donors (Lipinski definition) is 1. The molecule has 0 bridgehead atoms. The van der Waals surface area contributed by atoms with Gasteiger partial charge in [-0.2, -0.15) is 5.10 Å². The third-order valence-corrected chi connectivity index (χ3v) is 3.93. The number of hydrogen-bond acceptors (Lipinski definition) is 2. The van der Waals surface area contributed by atoms with E-state index in [4.69, 9.17) is 11.6 Å². The summed E-state index contributed by atoms with van der Waals surface area (Å²) in [7, 11) is 0. The molecule has 1 heterocycles. The molecule has 0 radical (unpaired) electrons. The summed E-state index contributed by atoms with van der Waals surface area (Å²) in [6, 6.07) is 0. The van der Waals surface area contributed by atoms with Gasteiger partial charge in [-0.25, -0.2) is 0 Å². The van der Waals surface area contributed by atoms with Gasteiger partial charge in [0.2, 0.25) is 0 Å². The minimum atomic E-state index is -0.329. The molecule has 0 spiro atoms. The molecular weight excluding hydrogens is 248 g/mol. The van der Waals surface area contributed by atoms with Gasteiger partial charge < -0.3 is 5.11 Å². The van der Waals surface area contributed by atoms with E-state index >= 15 is 0 Å². The second kappa shape index (κ2) is 7.15. The summed E-state index contributed by atoms with van der Waals surface area (Å²) in [5, 5.41) is 15.3. The fourth-order valence-corrected chi connectivity index (χ4v) is 2.50. The maximum atomic E-state index is 10.1. The average Bonchev–Trinajstić information content (AvgIpc) is 2.66. The Hall–Kier alpha value is -0.540. The number of aryl methyl sites for hydroxylation is 2. The zero-order valence-corrected chi connectivity index (χ0v) is 12.7. The highest BCUT2D eigenvalue weighted by atomic mass is 35.5. The van der Waals surface area contributed by atoms with Crippen molar-refractivity contribution in [3.8, 4) is 0 Å². The zero-order chi connectivity index (χ0) is 13.7. The van der Waals surface area contributed by atoms with Gasteiger partial charge in [-0.15, -0.1) is 0 Å². The van der Waals surface area contributed by atoms with Crippen molar-refractivity contribution in [1.82, 2.24) is 9.78 Å². The molecular formula is C14H25ClN2O. The van der Waals surface area contributed by atoms with E-state index in [9.17, 15) is 5.11 Å². The van der Waals surface area contributed by atoms with Crippen LogP contribution < -0.4 is 0 Å². The molecule has 1 aromatic heterocycles. The fourth-order valence-electron chi connectivity index (χ4n) is 2.15. The number of nitrogens with zero attached hydrogens (tertiary/aromatic N) is 2. The van der Waals surface area contributed by atoms with Crippen molar-refractivity contribution in [2.24, 2.45) is 5.92 Å². The Morgan fingerprint density at radius 2 is 2.00 bits per heavy atom. The second-order valence-electron chi connectivity index (χ2n) is 4.98. The minimum Gasteiger partial charge on any atom is -0.393 e. The first-order valence-corrected chi connectivity index (χ1v) is 7.33. The Kier molecular flexibility index (Phi) is 6.16. The van der Waals surface area contributed by atoms with E-state index < -0.39 is 0 Å². The monoisotopic (exact) mass is 272 g/mol. The third-order valence-electron chi connectivity index (χ3n) is 3.49. The van der Waals surface area contributed by atoms with Gasteiger partial charge in [-0.3, -0.25) is 4.68 Å². The highest BCUT2D eigenvalue weighted by Crippen LogP contribution is 2.24. The van der Waals surface area contributed by atoms with E-state index in [1.165, 1.54) is 0 Å². The van der Waals surface area contributed by atoms with Crippen LogP contribution in [0.4, 0.5) is 0 Å². The lowest BCUT2D eigenvalue weighted by Gasteiger charge is -2.15. The third kappa shape index (κ3) is 3.72. The predicted octanol–water partition coefficient (Wildman–Crippen LogP) is 3.46. The van der Waals surface area contributed by atoms with Crippen molar-refractivity contribution in [3.63, 3.8) is 0 Å². The smallest absolute Gasteiger partial charge is 0.0850 e. The Morgan fingerprint density at radius 1 is 1.33 bits per heavy atom. The molecule has 2 unspecified atom stereocenters. The summed E-state index contributed by atoms with van der Waals surface area (Å²) < 4.78 is 1.92. The van der Waals surface area contributed by atoms with Gasteiger partial charge in [-0.05, 0) is 25.7 Å². The van der Waals surface area contributed by atoms with Crippen LogP contribution in [0, 0.1) is 5.92 Å². The molecule has 4 heteroatoms. The molecule has 0 fully saturated rings. The molecule has 1 rings (SSSR count). The molecule has 0 saturated heterocycles. The second-order valence-corrected chi connectivity index (χ2v) is 5.36. The Labute approximate surface area is 115 Å². The molecule has 2 atom stereocenters. The number of aromatic nitrogens is 2. The van der Waals surface area contributed by atoms with Gasteiger partial charge in [0, 0.05) is 13.0 Å². The maximum Gasteiger partial charge on any atom is 0.0850 e. The van der Waals surface area contributed by atoms with Crippen LogP contribution in [0.2, 0.25) is 5.02 Å². The van der Waals surface area contributed by atoms with E-state index in [1.807, 2.05) is 18.5 Å². The van der Waals surface area contributed by atoms with Gasteiger partial charge in [-0.1, -0.05) is 38.8 Å². The van der Waals surface area contributed by atoms with Crippen LogP contribution in [0.1, 0.15) is 51.9 Å². The standard InChI is InChI=1S/C14H25ClN2O/c1-5-10(4)8-11(18)9-13-14(15)12(6-2)16-17(13)7-3/h10-11,18H,5-9H2,1-4H3. The fraction of sp³-hybridized carbons (Fsp3) is 0.786. The molecule has 18 heavy (non-hydrogen) atoms. The molecule has 0 aliphatic carbocycles. The summed E-state index contributed by atoms with van der Waals surface area (Å²) in [5.41, 5.74) is 1.91. The number of rotatable bonds is 7. The molecule has 104 valence electrons. The highest BCUT2D eigenvalue weighted by molar-refractivity contribution is 6.31. The number of halogens is 1. The molecule has 1 N–H and O–H groups in total. The maximum absolute atomic E-state index is 10.1. The molecule has 0 aliphatic rings. The minimum absolute atomic E-state index is 0.329. The summed E-state index contributed by atoms with van der Waals surface area (Å²) in [6.07, 6.45) is 3.02. The lowest BCUT2D eigenvalue weighted by Crippen LogP contribution is -2.17. The molecule has 0 aromatic carbocycles. The molecule has 0 aliphatic heterocycles. The van der Waals surface area contributed by atoms with Crippen LogP contribution in [0.25, 0.3) is 0 Å². The normalized spacial score (nSPS) is 14.8. The quantitative estimate of drug-likeness (QED) is 0.825. The van der Waals surface area contributed by atoms with Crippen LogP contribution >= 0.6 is 11.6 Å². The lowest BCUT2D eigenvalue weighted by molar-refractivity contribution is 0.142. The first kappa shape index (κ1) is 15.5. The lowest BCUT2D eigenvalue weighted by atomic mass is 9.98. The predicted molar refractivity (Wildman–Crippen MR) is 76.1 cm³/mol. The van der Waals surface area contributed by atoms with Gasteiger partial charge in [0.1, 0.15) is 0 Å². The van der Waals surface area contributed by atoms with Crippen LogP contribution in [-0.4, -0.2) is 21.0 Å². The van der Waals surface area contributed by atoms with E-state index in [0.29, 0.717) is 12.3 Å². The molecule has 0 amide bonds. The van der Waals surface area contributed by atoms with Crippen LogP contribution in [0.15, 0.2) is 0 Å². The SMILES string of the molecule is CCc1nn(CC)c(CC(O)CC(C)CC)c1Cl. The Balaban J connectivity index is 2.79. The number of aliphatic hydroxyl groups is 1. The summed E-state index contributed by atoms with van der Waals surface area (Å²) in [4.78, 5) is 0. The zero-order valence-electron chi connectivity index (χ0n) is 11.9. The van der Waals surface area contributed by atoms with Crippen LogP contribution in [-0.2, 0) is 19.4 Å². The van der Waals surface area contributed by atoms with Gasteiger partial charge >= 0.3 is 0 Å². The van der Waals surface area contributed by atoms with Crippen molar-refractivity contribution < 1.29 is 5.11 Å². The molecule has 3 nitrogen and oxygen atoms in total. The van der Waals surface area contributed by atoms with Crippen molar-refractivity contribution in [2.45, 2.75) is 66.0 Å². The molecule has 0 saturated carbocycles. The van der Waals surface area contributed by atoms with Crippen molar-refractivity contribution in [1.29, 1.82) is 0 Å². The van der Waals surface area contributed by atoms with Crippen LogP contribution in [0.5, 0.6) is 0 Å². The molecule has 1 aromatic rings. The van der Waals surface area contributed by atoms with E-state index in [2.05, 4.69) is 18.9 Å². The van der Waals surface area contributed by atoms with Crippen molar-refractivity contribution in [3.05, 3.63) is 16.4 Å².